The highest BCUT2D eigenvalue weighted by molar-refractivity contribution is 6.08. The molecule has 0 radical (unpaired) electrons. The van der Waals surface area contributed by atoms with Crippen LogP contribution in [0.1, 0.15) is 28.6 Å². The predicted octanol–water partition coefficient (Wildman–Crippen LogP) is 2.23. The summed E-state index contributed by atoms with van der Waals surface area (Å²) in [4.78, 5) is 46.2. The van der Waals surface area contributed by atoms with E-state index in [9.17, 15) is 14.4 Å². The number of amides is 4. The molecule has 0 aliphatic carbocycles. The molecule has 170 valence electrons. The van der Waals surface area contributed by atoms with Crippen LogP contribution in [0.2, 0.25) is 0 Å². The minimum atomic E-state index is -1.60. The van der Waals surface area contributed by atoms with Crippen molar-refractivity contribution in [2.45, 2.75) is 19.0 Å². The molecule has 1 atom stereocenters. The molecule has 2 aliphatic heterocycles. The summed E-state index contributed by atoms with van der Waals surface area (Å²) < 4.78 is 16.5. The molecule has 1 fully saturated rings. The number of rotatable bonds is 7. The number of imide groups is 1. The summed E-state index contributed by atoms with van der Waals surface area (Å²) in [6, 6.07) is 8.01. The number of furan rings is 1. The van der Waals surface area contributed by atoms with Crippen molar-refractivity contribution in [2.75, 3.05) is 27.0 Å². The van der Waals surface area contributed by atoms with E-state index in [0.29, 0.717) is 28.9 Å². The van der Waals surface area contributed by atoms with E-state index in [4.69, 9.17) is 13.9 Å². The van der Waals surface area contributed by atoms with Gasteiger partial charge in [0, 0.05) is 36.5 Å². The first-order chi connectivity index (χ1) is 16.0. The number of benzene rings is 1. The van der Waals surface area contributed by atoms with Gasteiger partial charge in [-0.2, -0.15) is 0 Å². The Bertz CT molecular complexity index is 1240. The number of carbonyl (C=O) groups excluding carboxylic acids is 3. The van der Waals surface area contributed by atoms with Crippen LogP contribution in [0.25, 0.3) is 11.0 Å². The van der Waals surface area contributed by atoms with Gasteiger partial charge in [0.05, 0.1) is 13.7 Å². The van der Waals surface area contributed by atoms with Crippen LogP contribution < -0.4 is 10.1 Å². The first-order valence-corrected chi connectivity index (χ1v) is 10.5. The van der Waals surface area contributed by atoms with E-state index in [1.165, 1.54) is 12.0 Å². The zero-order valence-electron chi connectivity index (χ0n) is 18.2. The summed E-state index contributed by atoms with van der Waals surface area (Å²) in [5, 5.41) is 3.45. The number of hydrogen-bond acceptors (Lipinski definition) is 7. The van der Waals surface area contributed by atoms with Crippen molar-refractivity contribution in [1.29, 1.82) is 0 Å². The lowest BCUT2D eigenvalue weighted by molar-refractivity contribution is -0.136. The van der Waals surface area contributed by atoms with Crippen molar-refractivity contribution < 1.29 is 28.3 Å². The van der Waals surface area contributed by atoms with Crippen LogP contribution in [0.3, 0.4) is 0 Å². The number of urea groups is 1. The Morgan fingerprint density at radius 2 is 2.06 bits per heavy atom. The topological polar surface area (TPSA) is 114 Å². The van der Waals surface area contributed by atoms with Gasteiger partial charge in [-0.25, -0.2) is 9.69 Å². The second kappa shape index (κ2) is 7.89. The molecular formula is C23H22N4O6. The number of aromatic nitrogens is 1. The van der Waals surface area contributed by atoms with Gasteiger partial charge in [-0.1, -0.05) is 6.07 Å². The number of nitrogens with zero attached hydrogens (tertiary/aromatic N) is 3. The smallest absolute Gasteiger partial charge is 0.327 e. The van der Waals surface area contributed by atoms with Gasteiger partial charge < -0.3 is 24.1 Å². The summed E-state index contributed by atoms with van der Waals surface area (Å²) in [5.41, 5.74) is 0.231. The zero-order valence-corrected chi connectivity index (χ0v) is 18.2. The largest absolute Gasteiger partial charge is 0.497 e. The lowest BCUT2D eigenvalue weighted by Crippen LogP contribution is -2.52. The van der Waals surface area contributed by atoms with Crippen LogP contribution in [-0.2, 0) is 21.6 Å². The molecule has 5 rings (SSSR count). The molecule has 1 saturated heterocycles. The minimum Gasteiger partial charge on any atom is -0.497 e. The first kappa shape index (κ1) is 21.0. The molecule has 1 N–H and O–H groups in total. The predicted molar refractivity (Wildman–Crippen MR) is 115 cm³/mol. The molecular weight excluding hydrogens is 428 g/mol. The summed E-state index contributed by atoms with van der Waals surface area (Å²) in [5.74, 6) is -0.0126. The van der Waals surface area contributed by atoms with Crippen molar-refractivity contribution in [1.82, 2.24) is 20.1 Å². The molecule has 4 amide bonds. The number of fused-ring (bicyclic) bond motifs is 2. The molecule has 4 heterocycles. The highest BCUT2D eigenvalue weighted by Gasteiger charge is 2.56. The summed E-state index contributed by atoms with van der Waals surface area (Å²) in [7, 11) is 1.53. The molecule has 0 bridgehead atoms. The third kappa shape index (κ3) is 3.30. The van der Waals surface area contributed by atoms with Crippen LogP contribution in [-0.4, -0.2) is 59.6 Å². The first-order valence-electron chi connectivity index (χ1n) is 10.5. The summed E-state index contributed by atoms with van der Waals surface area (Å²) in [6.45, 7) is 2.09. The SMILES string of the molecule is CCOCN1C(=O)N[C@@](CN2Cc3ccc(OC)cc3C2=O)(c2cc3cnccc3o2)C1=O. The molecule has 2 aliphatic rings. The van der Waals surface area contributed by atoms with E-state index in [0.717, 1.165) is 10.5 Å². The fraction of sp³-hybridized carbons (Fsp3) is 0.304. The van der Waals surface area contributed by atoms with Crippen molar-refractivity contribution in [2.24, 2.45) is 0 Å². The molecule has 3 aromatic rings. The highest BCUT2D eigenvalue weighted by atomic mass is 16.5. The van der Waals surface area contributed by atoms with Crippen molar-refractivity contribution in [3.8, 4) is 5.75 Å². The minimum absolute atomic E-state index is 0.108. The third-order valence-electron chi connectivity index (χ3n) is 5.96. The van der Waals surface area contributed by atoms with Crippen LogP contribution in [0.15, 0.2) is 47.1 Å². The Kier molecular flexibility index (Phi) is 5.01. The van der Waals surface area contributed by atoms with E-state index < -0.39 is 17.5 Å². The Labute approximate surface area is 189 Å². The van der Waals surface area contributed by atoms with Crippen molar-refractivity contribution >= 4 is 28.8 Å². The Hall–Kier alpha value is -3.92. The molecule has 33 heavy (non-hydrogen) atoms. The Morgan fingerprint density at radius 1 is 1.21 bits per heavy atom. The van der Waals surface area contributed by atoms with Crippen molar-refractivity contribution in [3.63, 3.8) is 0 Å². The Balaban J connectivity index is 1.55. The lowest BCUT2D eigenvalue weighted by atomic mass is 9.95. The monoisotopic (exact) mass is 450 g/mol. The highest BCUT2D eigenvalue weighted by Crippen LogP contribution is 2.36. The summed E-state index contributed by atoms with van der Waals surface area (Å²) in [6.07, 6.45) is 3.19. The zero-order chi connectivity index (χ0) is 23.2. The second-order valence-corrected chi connectivity index (χ2v) is 7.90. The maximum Gasteiger partial charge on any atom is 0.327 e. The van der Waals surface area contributed by atoms with Crippen LogP contribution >= 0.6 is 0 Å². The fourth-order valence-corrected chi connectivity index (χ4v) is 4.25. The van der Waals surface area contributed by atoms with Gasteiger partial charge in [-0.15, -0.1) is 0 Å². The Morgan fingerprint density at radius 3 is 2.82 bits per heavy atom. The quantitative estimate of drug-likeness (QED) is 0.549. The maximum atomic E-state index is 13.6. The average Bonchev–Trinajstić information content (AvgIpc) is 3.46. The molecule has 0 unspecified atom stereocenters. The average molecular weight is 450 g/mol. The molecule has 1 aromatic carbocycles. The van der Waals surface area contributed by atoms with Crippen LogP contribution in [0.5, 0.6) is 5.75 Å². The number of methoxy groups -OCH3 is 1. The van der Waals surface area contributed by atoms with Crippen LogP contribution in [0, 0.1) is 0 Å². The maximum absolute atomic E-state index is 13.6. The van der Waals surface area contributed by atoms with E-state index in [2.05, 4.69) is 10.3 Å². The fourth-order valence-electron chi connectivity index (χ4n) is 4.25. The van der Waals surface area contributed by atoms with Gasteiger partial charge in [0.25, 0.3) is 11.8 Å². The van der Waals surface area contributed by atoms with Gasteiger partial charge in [-0.3, -0.25) is 14.6 Å². The van der Waals surface area contributed by atoms with Crippen LogP contribution in [0.4, 0.5) is 4.79 Å². The second-order valence-electron chi connectivity index (χ2n) is 7.90. The van der Waals surface area contributed by atoms with E-state index >= 15 is 0 Å². The van der Waals surface area contributed by atoms with Gasteiger partial charge in [-0.05, 0) is 36.8 Å². The number of hydrogen-bond donors (Lipinski definition) is 1. The number of pyridine rings is 1. The summed E-state index contributed by atoms with van der Waals surface area (Å²) >= 11 is 0. The number of ether oxygens (including phenoxy) is 2. The van der Waals surface area contributed by atoms with E-state index in [-0.39, 0.29) is 31.5 Å². The third-order valence-corrected chi connectivity index (χ3v) is 5.96. The standard InChI is InChI=1S/C23H22N4O6/c1-3-32-13-27-21(29)23(25-22(27)30,19-8-15-10-24-7-6-18(15)33-19)12-26-11-14-4-5-16(31-2)9-17(14)20(26)28/h4-10H,3,11-13H2,1-2H3,(H,25,30)/t23-/m0/s1. The number of nitrogens with one attached hydrogen (secondary N) is 1. The number of carbonyl (C=O) groups is 3. The molecule has 2 aromatic heterocycles. The normalized spacial score (nSPS) is 20.0. The van der Waals surface area contributed by atoms with Gasteiger partial charge in [0.1, 0.15) is 23.8 Å². The molecule has 0 spiro atoms. The molecule has 10 nitrogen and oxygen atoms in total. The van der Waals surface area contributed by atoms with Gasteiger partial charge in [0.15, 0.2) is 5.54 Å². The molecule has 0 saturated carbocycles. The van der Waals surface area contributed by atoms with Gasteiger partial charge >= 0.3 is 6.03 Å². The van der Waals surface area contributed by atoms with Crippen molar-refractivity contribution in [3.05, 3.63) is 59.6 Å². The van der Waals surface area contributed by atoms with E-state index in [1.54, 1.807) is 43.6 Å². The van der Waals surface area contributed by atoms with E-state index in [1.807, 2.05) is 6.07 Å². The van der Waals surface area contributed by atoms with Gasteiger partial charge in [0.2, 0.25) is 0 Å². The molecule has 10 heteroatoms. The lowest BCUT2D eigenvalue weighted by Gasteiger charge is -2.29.